The molecule has 2 heterocycles. The first-order chi connectivity index (χ1) is 15.3. The van der Waals surface area contributed by atoms with Gasteiger partial charge in [-0.25, -0.2) is 4.98 Å². The molecule has 0 radical (unpaired) electrons. The summed E-state index contributed by atoms with van der Waals surface area (Å²) in [6.07, 6.45) is -2.65. The van der Waals surface area contributed by atoms with Crippen molar-refractivity contribution in [3.05, 3.63) is 81.2 Å². The van der Waals surface area contributed by atoms with E-state index in [2.05, 4.69) is 20.3 Å². The van der Waals surface area contributed by atoms with Gasteiger partial charge in [-0.2, -0.15) is 13.2 Å². The molecule has 1 unspecified atom stereocenters. The summed E-state index contributed by atoms with van der Waals surface area (Å²) in [5, 5.41) is 12.8. The van der Waals surface area contributed by atoms with E-state index in [1.54, 1.807) is 6.07 Å². The Bertz CT molecular complexity index is 1300. The van der Waals surface area contributed by atoms with Gasteiger partial charge in [-0.15, -0.1) is 0 Å². The van der Waals surface area contributed by atoms with Gasteiger partial charge in [-0.1, -0.05) is 41.9 Å². The second kappa shape index (κ2) is 8.68. The van der Waals surface area contributed by atoms with Gasteiger partial charge in [-0.05, 0) is 30.2 Å². The van der Waals surface area contributed by atoms with E-state index < -0.39 is 23.3 Å². The third-order valence-electron chi connectivity index (χ3n) is 4.97. The molecule has 0 aliphatic carbocycles. The molecular weight excluding hydrogens is 445 g/mol. The number of anilines is 1. The zero-order valence-electron chi connectivity index (χ0n) is 16.5. The van der Waals surface area contributed by atoms with Crippen LogP contribution >= 0.6 is 11.6 Å². The molecule has 0 saturated carbocycles. The quantitative estimate of drug-likeness (QED) is 0.337. The van der Waals surface area contributed by atoms with Crippen LogP contribution in [-0.4, -0.2) is 32.7 Å². The summed E-state index contributed by atoms with van der Waals surface area (Å²) < 4.78 is 39.4. The van der Waals surface area contributed by atoms with Crippen LogP contribution in [0.15, 0.2) is 59.5 Å². The van der Waals surface area contributed by atoms with Crippen LogP contribution in [0.5, 0.6) is 0 Å². The molecule has 2 aromatic carbocycles. The van der Waals surface area contributed by atoms with Crippen LogP contribution in [0.3, 0.4) is 0 Å². The van der Waals surface area contributed by atoms with Gasteiger partial charge in [0.2, 0.25) is 0 Å². The molecular formula is C22H18ClF3N4O2. The maximum absolute atomic E-state index is 13.1. The summed E-state index contributed by atoms with van der Waals surface area (Å²) in [4.78, 5) is 22.2. The Morgan fingerprint density at radius 2 is 1.91 bits per heavy atom. The van der Waals surface area contributed by atoms with E-state index >= 15 is 0 Å². The van der Waals surface area contributed by atoms with Crippen LogP contribution in [0, 0.1) is 0 Å². The maximum Gasteiger partial charge on any atom is 0.416 e. The smallest absolute Gasteiger partial charge is 0.394 e. The first-order valence-corrected chi connectivity index (χ1v) is 10.0. The van der Waals surface area contributed by atoms with E-state index in [0.717, 1.165) is 17.7 Å². The lowest BCUT2D eigenvalue weighted by molar-refractivity contribution is -0.137. The molecule has 0 fully saturated rings. The predicted octanol–water partition coefficient (Wildman–Crippen LogP) is 4.61. The molecule has 4 N–H and O–H groups in total. The Morgan fingerprint density at radius 1 is 1.16 bits per heavy atom. The van der Waals surface area contributed by atoms with Gasteiger partial charge in [0.15, 0.2) is 0 Å². The summed E-state index contributed by atoms with van der Waals surface area (Å²) >= 11 is 6.03. The minimum absolute atomic E-state index is 0.0528. The number of aliphatic hydroxyl groups excluding tert-OH is 1. The van der Waals surface area contributed by atoms with Crippen molar-refractivity contribution in [2.24, 2.45) is 0 Å². The Morgan fingerprint density at radius 3 is 2.59 bits per heavy atom. The van der Waals surface area contributed by atoms with E-state index in [-0.39, 0.29) is 34.1 Å². The number of aromatic amines is 2. The number of aliphatic hydroxyl groups is 1. The van der Waals surface area contributed by atoms with Crippen LogP contribution < -0.4 is 10.9 Å². The summed E-state index contributed by atoms with van der Waals surface area (Å²) in [6, 6.07) is 12.4. The van der Waals surface area contributed by atoms with Crippen molar-refractivity contribution in [1.29, 1.82) is 0 Å². The van der Waals surface area contributed by atoms with Gasteiger partial charge in [0.1, 0.15) is 16.9 Å². The molecule has 0 amide bonds. The normalized spacial score (nSPS) is 12.8. The number of halogens is 4. The predicted molar refractivity (Wildman–Crippen MR) is 117 cm³/mol. The monoisotopic (exact) mass is 462 g/mol. The number of nitrogens with zero attached hydrogens (tertiary/aromatic N) is 1. The minimum atomic E-state index is -4.58. The molecule has 0 saturated heterocycles. The van der Waals surface area contributed by atoms with Gasteiger partial charge in [0.25, 0.3) is 5.56 Å². The fourth-order valence-corrected chi connectivity index (χ4v) is 3.73. The summed E-state index contributed by atoms with van der Waals surface area (Å²) in [7, 11) is 0. The Hall–Kier alpha value is -3.30. The number of benzene rings is 2. The number of nitrogens with one attached hydrogen (secondary N) is 3. The summed E-state index contributed by atoms with van der Waals surface area (Å²) in [5.74, 6) is 0.0574. The molecule has 1 atom stereocenters. The molecule has 10 heteroatoms. The molecule has 32 heavy (non-hydrogen) atoms. The van der Waals surface area contributed by atoms with Crippen molar-refractivity contribution in [1.82, 2.24) is 15.0 Å². The van der Waals surface area contributed by atoms with E-state index in [4.69, 9.17) is 11.6 Å². The third kappa shape index (κ3) is 4.49. The van der Waals surface area contributed by atoms with Crippen LogP contribution in [-0.2, 0) is 12.6 Å². The number of aromatic nitrogens is 3. The number of hydrogen-bond acceptors (Lipinski definition) is 4. The van der Waals surface area contributed by atoms with Gasteiger partial charge in [-0.3, -0.25) is 4.79 Å². The van der Waals surface area contributed by atoms with Crippen molar-refractivity contribution >= 4 is 28.3 Å². The lowest BCUT2D eigenvalue weighted by Crippen LogP contribution is -2.28. The fourth-order valence-electron chi connectivity index (χ4n) is 3.47. The first kappa shape index (κ1) is 21.9. The lowest BCUT2D eigenvalue weighted by Gasteiger charge is -2.19. The number of alkyl halides is 3. The van der Waals surface area contributed by atoms with Crippen molar-refractivity contribution in [2.75, 3.05) is 11.9 Å². The summed E-state index contributed by atoms with van der Waals surface area (Å²) in [6.45, 7) is -0.206. The van der Waals surface area contributed by atoms with E-state index in [1.807, 2.05) is 30.3 Å². The zero-order valence-corrected chi connectivity index (χ0v) is 17.3. The molecule has 0 bridgehead atoms. The van der Waals surface area contributed by atoms with Crippen LogP contribution in [0.1, 0.15) is 11.1 Å². The number of fused-ring (bicyclic) bond motifs is 1. The maximum atomic E-state index is 13.1. The standard InChI is InChI=1S/C22H18ClF3N4O2/c23-15-9-13(22(24,25)26)10-17-19(15)30-20(29-17)18-16(6-7-27-21(18)32)28-14(11-31)8-12-4-2-1-3-5-12/h1-7,9-10,14,31H,8,11H2,(H,29,30)(H2,27,28,32). The summed E-state index contributed by atoms with van der Waals surface area (Å²) in [5.41, 5.74) is 0.200. The van der Waals surface area contributed by atoms with Crippen molar-refractivity contribution in [3.63, 3.8) is 0 Å². The number of pyridine rings is 1. The van der Waals surface area contributed by atoms with Crippen LogP contribution in [0.4, 0.5) is 18.9 Å². The second-order valence-electron chi connectivity index (χ2n) is 7.25. The number of H-pyrrole nitrogens is 2. The van der Waals surface area contributed by atoms with E-state index in [9.17, 15) is 23.1 Å². The van der Waals surface area contributed by atoms with Crippen LogP contribution in [0.25, 0.3) is 22.4 Å². The molecule has 6 nitrogen and oxygen atoms in total. The SMILES string of the molecule is O=c1[nH]ccc(NC(CO)Cc2ccccc2)c1-c1nc2c(Cl)cc(C(F)(F)F)cc2[nH]1. The highest BCUT2D eigenvalue weighted by Crippen LogP contribution is 2.35. The highest BCUT2D eigenvalue weighted by Gasteiger charge is 2.32. The van der Waals surface area contributed by atoms with Gasteiger partial charge >= 0.3 is 6.18 Å². The van der Waals surface area contributed by atoms with E-state index in [0.29, 0.717) is 12.1 Å². The molecule has 4 aromatic rings. The van der Waals surface area contributed by atoms with Gasteiger partial charge < -0.3 is 20.4 Å². The topological polar surface area (TPSA) is 93.8 Å². The number of rotatable bonds is 6. The third-order valence-corrected chi connectivity index (χ3v) is 5.26. The van der Waals surface area contributed by atoms with E-state index in [1.165, 1.54) is 6.20 Å². The largest absolute Gasteiger partial charge is 0.416 e. The fraction of sp³-hybridized carbons (Fsp3) is 0.182. The Kier molecular flexibility index (Phi) is 5.94. The van der Waals surface area contributed by atoms with Crippen molar-refractivity contribution in [3.8, 4) is 11.4 Å². The van der Waals surface area contributed by atoms with Crippen LogP contribution in [0.2, 0.25) is 5.02 Å². The second-order valence-corrected chi connectivity index (χ2v) is 7.65. The minimum Gasteiger partial charge on any atom is -0.394 e. The Labute approximate surface area is 185 Å². The first-order valence-electron chi connectivity index (χ1n) is 9.66. The molecule has 2 aromatic heterocycles. The molecule has 0 spiro atoms. The molecule has 0 aliphatic heterocycles. The average molecular weight is 463 g/mol. The number of hydrogen-bond donors (Lipinski definition) is 4. The van der Waals surface area contributed by atoms with Gasteiger partial charge in [0.05, 0.1) is 34.4 Å². The highest BCUT2D eigenvalue weighted by molar-refractivity contribution is 6.35. The lowest BCUT2D eigenvalue weighted by atomic mass is 10.1. The number of imidazole rings is 1. The average Bonchev–Trinajstić information content (AvgIpc) is 3.18. The van der Waals surface area contributed by atoms with Gasteiger partial charge in [0, 0.05) is 6.20 Å². The molecule has 0 aliphatic rings. The Balaban J connectivity index is 1.74. The highest BCUT2D eigenvalue weighted by atomic mass is 35.5. The van der Waals surface area contributed by atoms with Crippen molar-refractivity contribution < 1.29 is 18.3 Å². The molecule has 4 rings (SSSR count). The zero-order chi connectivity index (χ0) is 22.9. The van der Waals surface area contributed by atoms with Crippen molar-refractivity contribution in [2.45, 2.75) is 18.6 Å². The molecule has 166 valence electrons.